The third kappa shape index (κ3) is 3.67. The maximum atomic E-state index is 6.18. The van der Waals surface area contributed by atoms with Crippen LogP contribution in [0.3, 0.4) is 0 Å². The minimum atomic E-state index is 0.685. The molecule has 4 nitrogen and oxygen atoms in total. The second kappa shape index (κ2) is 7.65. The number of ether oxygens (including phenoxy) is 1. The van der Waals surface area contributed by atoms with Crippen molar-refractivity contribution in [1.29, 1.82) is 0 Å². The second-order valence-electron chi connectivity index (χ2n) is 6.90. The van der Waals surface area contributed by atoms with Gasteiger partial charge in [-0.05, 0) is 43.7 Å². The Morgan fingerprint density at radius 3 is 2.52 bits per heavy atom. The van der Waals surface area contributed by atoms with E-state index in [0.717, 1.165) is 48.3 Å². The van der Waals surface area contributed by atoms with E-state index in [4.69, 9.17) is 16.3 Å². The van der Waals surface area contributed by atoms with Gasteiger partial charge in [0, 0.05) is 22.5 Å². The molecule has 0 unspecified atom stereocenters. The Balaban J connectivity index is 1.54. The summed E-state index contributed by atoms with van der Waals surface area (Å²) in [6, 6.07) is 16.6. The number of halogens is 1. The fraction of sp³-hybridized carbons (Fsp3) is 0.318. The Morgan fingerprint density at radius 2 is 1.74 bits per heavy atom. The number of fused-ring (bicyclic) bond motifs is 1. The molecule has 0 saturated carbocycles. The number of aromatic nitrogens is 1. The third-order valence-corrected chi connectivity index (χ3v) is 5.38. The first-order chi connectivity index (χ1) is 13.2. The van der Waals surface area contributed by atoms with Crippen LogP contribution in [0.4, 0.5) is 11.5 Å². The molecule has 1 N–H and O–H groups in total. The summed E-state index contributed by atoms with van der Waals surface area (Å²) in [6.07, 6.45) is 0. The monoisotopic (exact) mass is 382 g/mol. The lowest BCUT2D eigenvalue weighted by atomic mass is 10.1. The number of nitrogens with zero attached hydrogens (tertiary/aromatic N) is 2. The number of H-pyrrole nitrogens is 1. The molecule has 3 aromatic rings. The summed E-state index contributed by atoms with van der Waals surface area (Å²) in [4.78, 5) is 8.38. The number of aromatic amines is 1. The third-order valence-electron chi connectivity index (χ3n) is 5.15. The lowest BCUT2D eigenvalue weighted by molar-refractivity contribution is -0.330. The largest absolute Gasteiger partial charge is 0.492 e. The van der Waals surface area contributed by atoms with Gasteiger partial charge in [0.1, 0.15) is 24.4 Å². The number of rotatable bonds is 4. The van der Waals surface area contributed by atoms with Crippen molar-refractivity contribution in [2.75, 3.05) is 42.6 Å². The average Bonchev–Trinajstić information content (AvgIpc) is 2.68. The zero-order chi connectivity index (χ0) is 18.8. The van der Waals surface area contributed by atoms with Gasteiger partial charge in [0.15, 0.2) is 0 Å². The van der Waals surface area contributed by atoms with Gasteiger partial charge in [0.05, 0.1) is 25.4 Å². The first kappa shape index (κ1) is 17.9. The normalized spacial score (nSPS) is 14.6. The number of hydrogen-bond acceptors (Lipinski definition) is 3. The Labute approximate surface area is 165 Å². The zero-order valence-electron chi connectivity index (χ0n) is 15.8. The molecule has 1 aliphatic heterocycles. The van der Waals surface area contributed by atoms with E-state index in [1.165, 1.54) is 16.6 Å². The van der Waals surface area contributed by atoms with Crippen molar-refractivity contribution in [2.45, 2.75) is 13.8 Å². The quantitative estimate of drug-likeness (QED) is 0.672. The van der Waals surface area contributed by atoms with Crippen molar-refractivity contribution >= 4 is 34.0 Å². The van der Waals surface area contributed by atoms with Crippen LogP contribution in [0, 0.1) is 6.92 Å². The molecular formula is C22H25ClN3O+. The average molecular weight is 383 g/mol. The Kier molecular flexibility index (Phi) is 5.08. The highest BCUT2D eigenvalue weighted by atomic mass is 35.5. The summed E-state index contributed by atoms with van der Waals surface area (Å²) >= 11 is 6.18. The summed E-state index contributed by atoms with van der Waals surface area (Å²) in [5.74, 6) is 2.12. The van der Waals surface area contributed by atoms with E-state index < -0.39 is 0 Å². The molecule has 4 rings (SSSR count). The van der Waals surface area contributed by atoms with Crippen molar-refractivity contribution in [2.24, 2.45) is 0 Å². The van der Waals surface area contributed by atoms with Crippen molar-refractivity contribution < 1.29 is 9.72 Å². The van der Waals surface area contributed by atoms with Crippen LogP contribution in [0.5, 0.6) is 5.75 Å². The maximum absolute atomic E-state index is 6.18. The van der Waals surface area contributed by atoms with E-state index in [-0.39, 0.29) is 0 Å². The highest BCUT2D eigenvalue weighted by Gasteiger charge is 2.25. The molecule has 0 spiro atoms. The van der Waals surface area contributed by atoms with Gasteiger partial charge in [0.2, 0.25) is 0 Å². The number of piperazine rings is 1. The van der Waals surface area contributed by atoms with Crippen LogP contribution in [-0.4, -0.2) is 32.8 Å². The van der Waals surface area contributed by atoms with Crippen LogP contribution in [0.1, 0.15) is 12.5 Å². The Bertz CT molecular complexity index is 951. The molecule has 0 bridgehead atoms. The van der Waals surface area contributed by atoms with Crippen LogP contribution < -0.4 is 19.5 Å². The molecule has 140 valence electrons. The van der Waals surface area contributed by atoms with Gasteiger partial charge in [-0.1, -0.05) is 23.7 Å². The molecule has 2 aromatic carbocycles. The van der Waals surface area contributed by atoms with Gasteiger partial charge < -0.3 is 9.64 Å². The summed E-state index contributed by atoms with van der Waals surface area (Å²) in [6.45, 7) is 8.71. The van der Waals surface area contributed by atoms with Crippen molar-refractivity contribution in [3.63, 3.8) is 0 Å². The van der Waals surface area contributed by atoms with Gasteiger partial charge in [-0.2, -0.15) is 0 Å². The number of para-hydroxylation sites is 2. The number of pyridine rings is 1. The minimum absolute atomic E-state index is 0.685. The van der Waals surface area contributed by atoms with E-state index in [9.17, 15) is 0 Å². The van der Waals surface area contributed by atoms with Crippen LogP contribution >= 0.6 is 11.6 Å². The van der Waals surface area contributed by atoms with Gasteiger partial charge in [0.25, 0.3) is 5.82 Å². The number of aryl methyl sites for hydroxylation is 1. The highest BCUT2D eigenvalue weighted by Crippen LogP contribution is 2.29. The number of nitrogens with one attached hydrogen (secondary N) is 1. The molecular weight excluding hydrogens is 358 g/mol. The molecule has 1 fully saturated rings. The van der Waals surface area contributed by atoms with Gasteiger partial charge in [-0.15, -0.1) is 0 Å². The molecule has 0 radical (unpaired) electrons. The van der Waals surface area contributed by atoms with Crippen LogP contribution in [-0.2, 0) is 0 Å². The molecule has 0 aliphatic carbocycles. The zero-order valence-corrected chi connectivity index (χ0v) is 16.6. The summed E-state index contributed by atoms with van der Waals surface area (Å²) in [5, 5.41) is 1.97. The summed E-state index contributed by atoms with van der Waals surface area (Å²) in [5.41, 5.74) is 3.53. The lowest BCUT2D eigenvalue weighted by Crippen LogP contribution is -2.48. The lowest BCUT2D eigenvalue weighted by Gasteiger charge is -2.33. The Morgan fingerprint density at radius 1 is 1.00 bits per heavy atom. The first-order valence-corrected chi connectivity index (χ1v) is 9.87. The molecule has 5 heteroatoms. The predicted octanol–water partition coefficient (Wildman–Crippen LogP) is 4.34. The first-order valence-electron chi connectivity index (χ1n) is 9.49. The van der Waals surface area contributed by atoms with E-state index in [0.29, 0.717) is 6.61 Å². The number of benzene rings is 2. The SMILES string of the molecule is CCOc1ccccc1N1CCN(c2cc(C)c3ccc(Cl)cc3[nH+]2)CC1. The highest BCUT2D eigenvalue weighted by molar-refractivity contribution is 6.31. The van der Waals surface area contributed by atoms with E-state index in [1.54, 1.807) is 0 Å². The maximum Gasteiger partial charge on any atom is 0.275 e. The second-order valence-corrected chi connectivity index (χ2v) is 7.34. The fourth-order valence-electron chi connectivity index (χ4n) is 3.78. The predicted molar refractivity (Wildman–Crippen MR) is 112 cm³/mol. The summed E-state index contributed by atoms with van der Waals surface area (Å²) < 4.78 is 5.80. The smallest absolute Gasteiger partial charge is 0.275 e. The molecule has 1 saturated heterocycles. The number of anilines is 2. The molecule has 0 atom stereocenters. The van der Waals surface area contributed by atoms with E-state index >= 15 is 0 Å². The number of hydrogen-bond donors (Lipinski definition) is 0. The van der Waals surface area contributed by atoms with Crippen LogP contribution in [0.25, 0.3) is 10.9 Å². The Hall–Kier alpha value is -2.46. The summed E-state index contributed by atoms with van der Waals surface area (Å²) in [7, 11) is 0. The van der Waals surface area contributed by atoms with Crippen LogP contribution in [0.15, 0.2) is 48.5 Å². The molecule has 0 amide bonds. The van der Waals surface area contributed by atoms with Crippen molar-refractivity contribution in [3.05, 3.63) is 59.1 Å². The minimum Gasteiger partial charge on any atom is -0.492 e. The van der Waals surface area contributed by atoms with Gasteiger partial charge in [-0.3, -0.25) is 4.90 Å². The molecule has 1 aliphatic rings. The van der Waals surface area contributed by atoms with Gasteiger partial charge >= 0.3 is 0 Å². The van der Waals surface area contributed by atoms with E-state index in [2.05, 4.69) is 52.0 Å². The fourth-order valence-corrected chi connectivity index (χ4v) is 3.95. The van der Waals surface area contributed by atoms with Gasteiger partial charge in [-0.25, -0.2) is 4.98 Å². The van der Waals surface area contributed by atoms with Crippen molar-refractivity contribution in [3.8, 4) is 5.75 Å². The standard InChI is InChI=1S/C22H24ClN3O/c1-3-27-21-7-5-4-6-20(21)25-10-12-26(13-11-25)22-14-16(2)18-9-8-17(23)15-19(18)24-22/h4-9,14-15H,3,10-13H2,1-2H3/p+1. The van der Waals surface area contributed by atoms with Crippen molar-refractivity contribution in [1.82, 2.24) is 0 Å². The molecule has 1 aromatic heterocycles. The topological polar surface area (TPSA) is 29.9 Å². The molecule has 2 heterocycles. The van der Waals surface area contributed by atoms with Crippen LogP contribution in [0.2, 0.25) is 5.02 Å². The molecule has 27 heavy (non-hydrogen) atoms. The van der Waals surface area contributed by atoms with E-state index in [1.807, 2.05) is 25.1 Å².